The third-order valence-corrected chi connectivity index (χ3v) is 8.12. The van der Waals surface area contributed by atoms with Crippen LogP contribution in [-0.4, -0.2) is 46.4 Å². The highest BCUT2D eigenvalue weighted by atomic mass is 16.2. The predicted octanol–water partition coefficient (Wildman–Crippen LogP) is 5.88. The molecule has 2 aliphatic rings. The summed E-state index contributed by atoms with van der Waals surface area (Å²) in [7, 11) is 0. The topological polar surface area (TPSA) is 36.4 Å². The molecule has 0 saturated carbocycles. The van der Waals surface area contributed by atoms with E-state index in [1.807, 2.05) is 12.3 Å². The van der Waals surface area contributed by atoms with Crippen LogP contribution in [0.25, 0.3) is 10.9 Å². The number of pyridine rings is 1. The van der Waals surface area contributed by atoms with Gasteiger partial charge >= 0.3 is 0 Å². The second kappa shape index (κ2) is 10.2. The van der Waals surface area contributed by atoms with Gasteiger partial charge in [0.25, 0.3) is 0 Å². The van der Waals surface area contributed by atoms with E-state index in [-0.39, 0.29) is 5.92 Å². The molecule has 4 heteroatoms. The second-order valence-electron chi connectivity index (χ2n) is 10.3. The van der Waals surface area contributed by atoms with Crippen LogP contribution in [0.1, 0.15) is 41.9 Å². The van der Waals surface area contributed by atoms with E-state index in [0.29, 0.717) is 24.3 Å². The van der Waals surface area contributed by atoms with Gasteiger partial charge in [0, 0.05) is 56.1 Å². The third kappa shape index (κ3) is 4.66. The lowest BCUT2D eigenvalue weighted by atomic mass is 9.81. The molecule has 6 rings (SSSR count). The molecular formula is C32H33N3O. The van der Waals surface area contributed by atoms with Gasteiger partial charge in [0.15, 0.2) is 0 Å². The molecule has 3 aromatic carbocycles. The zero-order valence-corrected chi connectivity index (χ0v) is 20.7. The average molecular weight is 476 g/mol. The zero-order valence-electron chi connectivity index (χ0n) is 20.7. The molecule has 0 aliphatic carbocycles. The standard InChI is InChI=1S/C32H33N3O/c36-31-17-16-27-21-34(22-28-14-7-13-26-15-8-19-33-32(26)28)20-18-30(27)35(31)23-29(24-9-3-1-4-10-24)25-11-5-2-6-12-25/h1-15,19,27,29-30H,16-18,20-23H2/t27-,30+/m1/s1. The summed E-state index contributed by atoms with van der Waals surface area (Å²) >= 11 is 0. The molecule has 2 atom stereocenters. The molecule has 4 aromatic rings. The lowest BCUT2D eigenvalue weighted by Crippen LogP contribution is -2.56. The van der Waals surface area contributed by atoms with Gasteiger partial charge in [-0.1, -0.05) is 84.9 Å². The first-order valence-electron chi connectivity index (χ1n) is 13.2. The van der Waals surface area contributed by atoms with Crippen molar-refractivity contribution in [2.24, 2.45) is 5.92 Å². The first-order valence-corrected chi connectivity index (χ1v) is 13.2. The number of para-hydroxylation sites is 1. The minimum atomic E-state index is 0.190. The minimum absolute atomic E-state index is 0.190. The number of amides is 1. The van der Waals surface area contributed by atoms with Crippen LogP contribution in [0.15, 0.2) is 97.2 Å². The second-order valence-corrected chi connectivity index (χ2v) is 10.3. The maximum atomic E-state index is 13.3. The normalized spacial score (nSPS) is 20.6. The van der Waals surface area contributed by atoms with Crippen LogP contribution in [0, 0.1) is 5.92 Å². The van der Waals surface area contributed by atoms with Gasteiger partial charge in [0.1, 0.15) is 0 Å². The molecule has 0 unspecified atom stereocenters. The zero-order chi connectivity index (χ0) is 24.3. The van der Waals surface area contributed by atoms with E-state index < -0.39 is 0 Å². The Morgan fingerprint density at radius 3 is 2.31 bits per heavy atom. The lowest BCUT2D eigenvalue weighted by Gasteiger charge is -2.48. The van der Waals surface area contributed by atoms with E-state index in [2.05, 4.69) is 99.7 Å². The Morgan fingerprint density at radius 1 is 0.833 bits per heavy atom. The quantitative estimate of drug-likeness (QED) is 0.349. The first-order chi connectivity index (χ1) is 17.8. The molecule has 2 aliphatic heterocycles. The fraction of sp³-hybridized carbons (Fsp3) is 0.312. The van der Waals surface area contributed by atoms with Crippen molar-refractivity contribution in [3.8, 4) is 0 Å². The van der Waals surface area contributed by atoms with E-state index in [9.17, 15) is 4.79 Å². The molecule has 1 aromatic heterocycles. The van der Waals surface area contributed by atoms with Gasteiger partial charge in [0.2, 0.25) is 5.91 Å². The maximum absolute atomic E-state index is 13.3. The Labute approximate surface area is 213 Å². The Balaban J connectivity index is 1.21. The van der Waals surface area contributed by atoms with Gasteiger partial charge in [-0.25, -0.2) is 0 Å². The summed E-state index contributed by atoms with van der Waals surface area (Å²) in [5, 5.41) is 1.20. The first kappa shape index (κ1) is 22.9. The van der Waals surface area contributed by atoms with Crippen molar-refractivity contribution in [1.82, 2.24) is 14.8 Å². The number of carbonyl (C=O) groups is 1. The van der Waals surface area contributed by atoms with Gasteiger partial charge in [-0.15, -0.1) is 0 Å². The molecule has 2 saturated heterocycles. The molecule has 1 amide bonds. The summed E-state index contributed by atoms with van der Waals surface area (Å²) in [5.74, 6) is 1.03. The number of fused-ring (bicyclic) bond motifs is 2. The van der Waals surface area contributed by atoms with E-state index in [1.54, 1.807) is 0 Å². The highest BCUT2D eigenvalue weighted by molar-refractivity contribution is 5.81. The van der Waals surface area contributed by atoms with Crippen molar-refractivity contribution < 1.29 is 4.79 Å². The summed E-state index contributed by atoms with van der Waals surface area (Å²) in [6.45, 7) is 3.72. The molecule has 36 heavy (non-hydrogen) atoms. The van der Waals surface area contributed by atoms with Crippen LogP contribution >= 0.6 is 0 Å². The van der Waals surface area contributed by atoms with Crippen LogP contribution in [0.4, 0.5) is 0 Å². The van der Waals surface area contributed by atoms with Gasteiger partial charge in [-0.2, -0.15) is 0 Å². The van der Waals surface area contributed by atoms with Gasteiger partial charge in [0.05, 0.1) is 5.52 Å². The van der Waals surface area contributed by atoms with Crippen molar-refractivity contribution in [3.63, 3.8) is 0 Å². The Bertz CT molecular complexity index is 1280. The highest BCUT2D eigenvalue weighted by Crippen LogP contribution is 2.35. The van der Waals surface area contributed by atoms with Gasteiger partial charge in [-0.05, 0) is 41.5 Å². The number of aromatic nitrogens is 1. The summed E-state index contributed by atoms with van der Waals surface area (Å²) < 4.78 is 0. The Kier molecular flexibility index (Phi) is 6.52. The SMILES string of the molecule is O=C1CC[C@@H]2CN(Cc3cccc4cccnc34)CC[C@@H]2N1CC(c1ccccc1)c1ccccc1. The van der Waals surface area contributed by atoms with Crippen LogP contribution < -0.4 is 0 Å². The van der Waals surface area contributed by atoms with E-state index in [4.69, 9.17) is 0 Å². The van der Waals surface area contributed by atoms with E-state index in [1.165, 1.54) is 22.1 Å². The summed E-state index contributed by atoms with van der Waals surface area (Å²) in [4.78, 5) is 22.7. The molecule has 182 valence electrons. The molecule has 0 spiro atoms. The van der Waals surface area contributed by atoms with Gasteiger partial charge < -0.3 is 4.90 Å². The molecule has 4 nitrogen and oxygen atoms in total. The molecule has 3 heterocycles. The monoisotopic (exact) mass is 475 g/mol. The van der Waals surface area contributed by atoms with E-state index in [0.717, 1.165) is 44.5 Å². The number of nitrogens with zero attached hydrogens (tertiary/aromatic N) is 3. The number of hydrogen-bond acceptors (Lipinski definition) is 3. The Hall–Kier alpha value is -3.50. The maximum Gasteiger partial charge on any atom is 0.222 e. The predicted molar refractivity (Wildman–Crippen MR) is 145 cm³/mol. The van der Waals surface area contributed by atoms with Gasteiger partial charge in [-0.3, -0.25) is 14.7 Å². The number of benzene rings is 3. The third-order valence-electron chi connectivity index (χ3n) is 8.12. The number of hydrogen-bond donors (Lipinski definition) is 0. The smallest absolute Gasteiger partial charge is 0.222 e. The molecular weight excluding hydrogens is 442 g/mol. The highest BCUT2D eigenvalue weighted by Gasteiger charge is 2.40. The van der Waals surface area contributed by atoms with Crippen molar-refractivity contribution in [2.75, 3.05) is 19.6 Å². The van der Waals surface area contributed by atoms with E-state index >= 15 is 0 Å². The lowest BCUT2D eigenvalue weighted by molar-refractivity contribution is -0.141. The van der Waals surface area contributed by atoms with Crippen LogP contribution in [-0.2, 0) is 11.3 Å². The van der Waals surface area contributed by atoms with Crippen molar-refractivity contribution in [3.05, 3.63) is 114 Å². The summed E-state index contributed by atoms with van der Waals surface area (Å²) in [6, 6.07) is 32.3. The van der Waals surface area contributed by atoms with Crippen LogP contribution in [0.2, 0.25) is 0 Å². The molecule has 0 N–H and O–H groups in total. The number of carbonyl (C=O) groups excluding carboxylic acids is 1. The van der Waals surface area contributed by atoms with Crippen LogP contribution in [0.5, 0.6) is 0 Å². The number of piperidine rings is 2. The number of likely N-dealkylation sites (tertiary alicyclic amines) is 2. The largest absolute Gasteiger partial charge is 0.338 e. The minimum Gasteiger partial charge on any atom is -0.338 e. The fourth-order valence-corrected chi connectivity index (χ4v) is 6.31. The average Bonchev–Trinajstić information content (AvgIpc) is 2.94. The van der Waals surface area contributed by atoms with Crippen molar-refractivity contribution >= 4 is 16.8 Å². The molecule has 0 bridgehead atoms. The van der Waals surface area contributed by atoms with Crippen LogP contribution in [0.3, 0.4) is 0 Å². The molecule has 0 radical (unpaired) electrons. The van der Waals surface area contributed by atoms with Crippen molar-refractivity contribution in [1.29, 1.82) is 0 Å². The Morgan fingerprint density at radius 2 is 1.56 bits per heavy atom. The summed E-state index contributed by atoms with van der Waals surface area (Å²) in [5.41, 5.74) is 4.96. The fourth-order valence-electron chi connectivity index (χ4n) is 6.31. The van der Waals surface area contributed by atoms with Crippen molar-refractivity contribution in [2.45, 2.75) is 37.8 Å². The number of rotatable bonds is 6. The molecule has 2 fully saturated rings. The summed E-state index contributed by atoms with van der Waals surface area (Å²) in [6.07, 6.45) is 4.57.